The summed E-state index contributed by atoms with van der Waals surface area (Å²) in [4.78, 5) is 25.9. The van der Waals surface area contributed by atoms with E-state index in [0.29, 0.717) is 12.2 Å². The van der Waals surface area contributed by atoms with E-state index >= 15 is 0 Å². The molecule has 2 amide bonds. The lowest BCUT2D eigenvalue weighted by Gasteiger charge is -2.26. The highest BCUT2D eigenvalue weighted by atomic mass is 16.5. The Morgan fingerprint density at radius 1 is 1.09 bits per heavy atom. The third-order valence-corrected chi connectivity index (χ3v) is 3.50. The molecule has 0 aromatic heterocycles. The van der Waals surface area contributed by atoms with E-state index in [2.05, 4.69) is 15.5 Å². The van der Waals surface area contributed by atoms with Crippen LogP contribution >= 0.6 is 0 Å². The first kappa shape index (κ1) is 16.5. The van der Waals surface area contributed by atoms with Crippen LogP contribution in [0.25, 0.3) is 0 Å². The number of anilines is 1. The van der Waals surface area contributed by atoms with Gasteiger partial charge < -0.3 is 15.4 Å². The topological polar surface area (TPSA) is 70.7 Å². The minimum atomic E-state index is -0.632. The van der Waals surface area contributed by atoms with Crippen LogP contribution in [0.4, 0.5) is 5.69 Å². The zero-order valence-electron chi connectivity index (χ0n) is 13.1. The van der Waals surface area contributed by atoms with Crippen LogP contribution in [0.5, 0.6) is 0 Å². The van der Waals surface area contributed by atoms with Crippen LogP contribution in [0.2, 0.25) is 0 Å². The van der Waals surface area contributed by atoms with Crippen molar-refractivity contribution in [1.82, 2.24) is 10.2 Å². The number of nitrogens with one attached hydrogen (secondary N) is 2. The van der Waals surface area contributed by atoms with Crippen LogP contribution in [0, 0.1) is 13.8 Å². The van der Waals surface area contributed by atoms with Gasteiger partial charge in [-0.3, -0.25) is 14.5 Å². The summed E-state index contributed by atoms with van der Waals surface area (Å²) >= 11 is 0. The van der Waals surface area contributed by atoms with Gasteiger partial charge in [-0.1, -0.05) is 6.07 Å². The molecule has 2 rings (SSSR count). The molecule has 0 spiro atoms. The van der Waals surface area contributed by atoms with E-state index in [0.717, 1.165) is 44.0 Å². The first-order valence-corrected chi connectivity index (χ1v) is 7.52. The second-order valence-electron chi connectivity index (χ2n) is 5.54. The Morgan fingerprint density at radius 2 is 1.73 bits per heavy atom. The van der Waals surface area contributed by atoms with Gasteiger partial charge in [0.05, 0.1) is 13.2 Å². The maximum atomic E-state index is 11.9. The zero-order valence-corrected chi connectivity index (χ0v) is 13.1. The average molecular weight is 305 g/mol. The van der Waals surface area contributed by atoms with Crippen molar-refractivity contribution in [3.05, 3.63) is 29.3 Å². The number of carbonyl (C=O) groups is 2. The Hall–Kier alpha value is -1.92. The van der Waals surface area contributed by atoms with Crippen molar-refractivity contribution >= 4 is 17.5 Å². The van der Waals surface area contributed by atoms with Gasteiger partial charge in [0.25, 0.3) is 0 Å². The highest BCUT2D eigenvalue weighted by Gasteiger charge is 2.15. The quantitative estimate of drug-likeness (QED) is 0.803. The van der Waals surface area contributed by atoms with Gasteiger partial charge in [-0.15, -0.1) is 0 Å². The molecule has 0 unspecified atom stereocenters. The molecule has 2 N–H and O–H groups in total. The number of aryl methyl sites for hydroxylation is 2. The predicted molar refractivity (Wildman–Crippen MR) is 84.8 cm³/mol. The molecule has 1 aliphatic heterocycles. The smallest absolute Gasteiger partial charge is 0.313 e. The van der Waals surface area contributed by atoms with E-state index in [1.807, 2.05) is 32.0 Å². The van der Waals surface area contributed by atoms with E-state index in [1.54, 1.807) is 0 Å². The molecule has 1 heterocycles. The van der Waals surface area contributed by atoms with Gasteiger partial charge in [-0.25, -0.2) is 0 Å². The van der Waals surface area contributed by atoms with E-state index in [4.69, 9.17) is 4.74 Å². The van der Waals surface area contributed by atoms with Crippen LogP contribution in [-0.2, 0) is 14.3 Å². The Labute approximate surface area is 130 Å². The largest absolute Gasteiger partial charge is 0.379 e. The third kappa shape index (κ3) is 5.13. The summed E-state index contributed by atoms with van der Waals surface area (Å²) in [5.41, 5.74) is 2.73. The van der Waals surface area contributed by atoms with E-state index in [-0.39, 0.29) is 0 Å². The molecule has 6 nitrogen and oxygen atoms in total. The van der Waals surface area contributed by atoms with E-state index in [1.165, 1.54) is 0 Å². The minimum Gasteiger partial charge on any atom is -0.379 e. The van der Waals surface area contributed by atoms with Crippen LogP contribution < -0.4 is 10.6 Å². The SMILES string of the molecule is Cc1cc(C)cc(NC(=O)C(=O)NCCN2CCOCC2)c1. The highest BCUT2D eigenvalue weighted by Crippen LogP contribution is 2.13. The maximum Gasteiger partial charge on any atom is 0.313 e. The van der Waals surface area contributed by atoms with Crippen molar-refractivity contribution in [2.75, 3.05) is 44.7 Å². The first-order valence-electron chi connectivity index (χ1n) is 7.52. The molecule has 1 aromatic carbocycles. The van der Waals surface area contributed by atoms with Gasteiger partial charge in [-0.05, 0) is 37.1 Å². The minimum absolute atomic E-state index is 0.457. The molecule has 0 saturated carbocycles. The highest BCUT2D eigenvalue weighted by molar-refractivity contribution is 6.39. The summed E-state index contributed by atoms with van der Waals surface area (Å²) in [6.45, 7) is 8.26. The number of hydrogen-bond donors (Lipinski definition) is 2. The number of hydrogen-bond acceptors (Lipinski definition) is 4. The molecule has 0 radical (unpaired) electrons. The van der Waals surface area contributed by atoms with Gasteiger partial charge in [0.2, 0.25) is 0 Å². The lowest BCUT2D eigenvalue weighted by atomic mass is 10.1. The van der Waals surface area contributed by atoms with Gasteiger partial charge in [0, 0.05) is 31.9 Å². The fourth-order valence-corrected chi connectivity index (χ4v) is 2.47. The normalized spacial score (nSPS) is 15.4. The second kappa shape index (κ2) is 7.91. The number of carbonyl (C=O) groups excluding carboxylic acids is 2. The second-order valence-corrected chi connectivity index (χ2v) is 5.54. The molecule has 1 aromatic rings. The summed E-state index contributed by atoms with van der Waals surface area (Å²) < 4.78 is 5.26. The monoisotopic (exact) mass is 305 g/mol. The number of ether oxygens (including phenoxy) is 1. The van der Waals surface area contributed by atoms with Crippen LogP contribution in [0.3, 0.4) is 0 Å². The summed E-state index contributed by atoms with van der Waals surface area (Å²) in [7, 11) is 0. The molecular formula is C16H23N3O3. The van der Waals surface area contributed by atoms with Crippen molar-refractivity contribution in [3.8, 4) is 0 Å². The fourth-order valence-electron chi connectivity index (χ4n) is 2.47. The molecule has 1 saturated heterocycles. The van der Waals surface area contributed by atoms with Crippen molar-refractivity contribution in [1.29, 1.82) is 0 Å². The molecule has 0 aliphatic carbocycles. The Balaban J connectivity index is 1.75. The van der Waals surface area contributed by atoms with Crippen molar-refractivity contribution in [2.45, 2.75) is 13.8 Å². The molecule has 0 atom stereocenters. The lowest BCUT2D eigenvalue weighted by molar-refractivity contribution is -0.136. The average Bonchev–Trinajstić information content (AvgIpc) is 2.47. The van der Waals surface area contributed by atoms with Crippen LogP contribution in [-0.4, -0.2) is 56.1 Å². The van der Waals surface area contributed by atoms with Gasteiger partial charge >= 0.3 is 11.8 Å². The van der Waals surface area contributed by atoms with E-state index < -0.39 is 11.8 Å². The van der Waals surface area contributed by atoms with Crippen molar-refractivity contribution in [2.24, 2.45) is 0 Å². The van der Waals surface area contributed by atoms with Crippen LogP contribution in [0.15, 0.2) is 18.2 Å². The maximum absolute atomic E-state index is 11.9. The first-order chi connectivity index (χ1) is 10.5. The summed E-state index contributed by atoms with van der Waals surface area (Å²) in [5, 5.41) is 5.27. The Morgan fingerprint density at radius 3 is 2.36 bits per heavy atom. The molecule has 120 valence electrons. The summed E-state index contributed by atoms with van der Waals surface area (Å²) in [6, 6.07) is 5.69. The predicted octanol–water partition coefficient (Wildman–Crippen LogP) is 0.690. The zero-order chi connectivity index (χ0) is 15.9. The fraction of sp³-hybridized carbons (Fsp3) is 0.500. The molecule has 22 heavy (non-hydrogen) atoms. The molecular weight excluding hydrogens is 282 g/mol. The number of rotatable bonds is 4. The van der Waals surface area contributed by atoms with Crippen molar-refractivity contribution in [3.63, 3.8) is 0 Å². The standard InChI is InChI=1S/C16H23N3O3/c1-12-9-13(2)11-14(10-12)18-16(21)15(20)17-3-4-19-5-7-22-8-6-19/h9-11H,3-8H2,1-2H3,(H,17,20)(H,18,21). The number of benzene rings is 1. The molecule has 6 heteroatoms. The number of nitrogens with zero attached hydrogens (tertiary/aromatic N) is 1. The van der Waals surface area contributed by atoms with Gasteiger partial charge in [0.15, 0.2) is 0 Å². The van der Waals surface area contributed by atoms with Crippen LogP contribution in [0.1, 0.15) is 11.1 Å². The Kier molecular flexibility index (Phi) is 5.91. The third-order valence-electron chi connectivity index (χ3n) is 3.50. The molecule has 0 bridgehead atoms. The van der Waals surface area contributed by atoms with E-state index in [9.17, 15) is 9.59 Å². The van der Waals surface area contributed by atoms with Gasteiger partial charge in [-0.2, -0.15) is 0 Å². The number of morpholine rings is 1. The number of amides is 2. The lowest BCUT2D eigenvalue weighted by Crippen LogP contribution is -2.43. The van der Waals surface area contributed by atoms with Crippen molar-refractivity contribution < 1.29 is 14.3 Å². The molecule has 1 aliphatic rings. The summed E-state index contributed by atoms with van der Waals surface area (Å²) in [6.07, 6.45) is 0. The van der Waals surface area contributed by atoms with Gasteiger partial charge in [0.1, 0.15) is 0 Å². The Bertz CT molecular complexity index is 519. The summed E-state index contributed by atoms with van der Waals surface area (Å²) in [5.74, 6) is -1.24. The molecule has 1 fully saturated rings.